The molecule has 96 valence electrons. The molecule has 0 saturated heterocycles. The van der Waals surface area contributed by atoms with E-state index in [1.807, 2.05) is 31.2 Å². The first-order chi connectivity index (χ1) is 8.26. The van der Waals surface area contributed by atoms with Gasteiger partial charge in [0.2, 0.25) is 0 Å². The van der Waals surface area contributed by atoms with E-state index in [1.165, 1.54) is 0 Å². The van der Waals surface area contributed by atoms with E-state index in [4.69, 9.17) is 5.11 Å². The molecule has 0 unspecified atom stereocenters. The second-order valence-corrected chi connectivity index (χ2v) is 4.64. The summed E-state index contributed by atoms with van der Waals surface area (Å²) >= 11 is 0. The van der Waals surface area contributed by atoms with Crippen molar-refractivity contribution in [3.8, 4) is 0 Å². The fourth-order valence-corrected chi connectivity index (χ4v) is 2.05. The number of carbonyl (C=O) groups is 2. The second kappa shape index (κ2) is 5.04. The lowest BCUT2D eigenvalue weighted by Gasteiger charge is -2.27. The highest BCUT2D eigenvalue weighted by Crippen LogP contribution is 2.33. The van der Waals surface area contributed by atoms with Crippen LogP contribution in [0.4, 0.5) is 0 Å². The maximum atomic E-state index is 11.2. The Balaban J connectivity index is 3.39. The molecule has 0 aliphatic carbocycles. The molecule has 2 N–H and O–H groups in total. The van der Waals surface area contributed by atoms with E-state index >= 15 is 0 Å². The fraction of sp³-hybridized carbons (Fsp3) is 0.286. The van der Waals surface area contributed by atoms with E-state index < -0.39 is 17.4 Å². The number of carboxylic acid groups (broad SMARTS) is 2. The topological polar surface area (TPSA) is 74.6 Å². The molecule has 0 aromatic heterocycles. The van der Waals surface area contributed by atoms with Gasteiger partial charge < -0.3 is 10.2 Å². The van der Waals surface area contributed by atoms with Crippen molar-refractivity contribution in [2.45, 2.75) is 26.2 Å². The Labute approximate surface area is 106 Å². The number of benzene rings is 1. The van der Waals surface area contributed by atoms with Gasteiger partial charge in [0, 0.05) is 11.5 Å². The molecule has 18 heavy (non-hydrogen) atoms. The van der Waals surface area contributed by atoms with Crippen LogP contribution in [0.25, 0.3) is 0 Å². The summed E-state index contributed by atoms with van der Waals surface area (Å²) in [4.78, 5) is 22.0. The first kappa shape index (κ1) is 14.0. The SMILES string of the molecule is Cc1ccccc1C(C)(C)/C(=C/C(=O)O)C(=O)O. The molecule has 0 fully saturated rings. The van der Waals surface area contributed by atoms with Crippen LogP contribution < -0.4 is 0 Å². The Morgan fingerprint density at radius 3 is 2.17 bits per heavy atom. The molecule has 0 amide bonds. The maximum Gasteiger partial charge on any atom is 0.332 e. The quantitative estimate of drug-likeness (QED) is 0.802. The summed E-state index contributed by atoms with van der Waals surface area (Å²) < 4.78 is 0. The van der Waals surface area contributed by atoms with Crippen molar-refractivity contribution in [1.29, 1.82) is 0 Å². The molecule has 0 radical (unpaired) electrons. The summed E-state index contributed by atoms with van der Waals surface area (Å²) in [6.07, 6.45) is 0.759. The third-order valence-corrected chi connectivity index (χ3v) is 2.99. The van der Waals surface area contributed by atoms with Crippen LogP contribution in [-0.4, -0.2) is 22.2 Å². The number of rotatable bonds is 4. The summed E-state index contributed by atoms with van der Waals surface area (Å²) in [5, 5.41) is 18.0. The Bertz CT molecular complexity index is 512. The predicted octanol–water partition coefficient (Wildman–Crippen LogP) is 2.37. The summed E-state index contributed by atoms with van der Waals surface area (Å²) in [6.45, 7) is 5.29. The molecule has 0 spiro atoms. The number of carboxylic acids is 2. The molecule has 4 heteroatoms. The Morgan fingerprint density at radius 1 is 1.17 bits per heavy atom. The van der Waals surface area contributed by atoms with Gasteiger partial charge in [-0.25, -0.2) is 9.59 Å². The second-order valence-electron chi connectivity index (χ2n) is 4.64. The predicted molar refractivity (Wildman–Crippen MR) is 67.6 cm³/mol. The Kier molecular flexibility index (Phi) is 3.91. The van der Waals surface area contributed by atoms with E-state index in [0.29, 0.717) is 0 Å². The molecule has 0 atom stereocenters. The fourth-order valence-electron chi connectivity index (χ4n) is 2.05. The zero-order chi connectivity index (χ0) is 13.9. The van der Waals surface area contributed by atoms with Gasteiger partial charge >= 0.3 is 11.9 Å². The van der Waals surface area contributed by atoms with Gasteiger partial charge in [-0.05, 0) is 18.1 Å². The highest BCUT2D eigenvalue weighted by Gasteiger charge is 2.32. The zero-order valence-corrected chi connectivity index (χ0v) is 10.6. The normalized spacial score (nSPS) is 12.3. The highest BCUT2D eigenvalue weighted by atomic mass is 16.4. The maximum absolute atomic E-state index is 11.2. The van der Waals surface area contributed by atoms with Gasteiger partial charge in [-0.3, -0.25) is 0 Å². The molecule has 1 aromatic rings. The van der Waals surface area contributed by atoms with Crippen LogP contribution in [0.5, 0.6) is 0 Å². The van der Waals surface area contributed by atoms with Gasteiger partial charge in [-0.15, -0.1) is 0 Å². The Hall–Kier alpha value is -2.10. The summed E-state index contributed by atoms with van der Waals surface area (Å²) in [5.41, 5.74) is 0.736. The average molecular weight is 248 g/mol. The zero-order valence-electron chi connectivity index (χ0n) is 10.6. The summed E-state index contributed by atoms with van der Waals surface area (Å²) in [7, 11) is 0. The summed E-state index contributed by atoms with van der Waals surface area (Å²) in [5.74, 6) is -2.47. The van der Waals surface area contributed by atoms with Gasteiger partial charge in [0.15, 0.2) is 0 Å². The summed E-state index contributed by atoms with van der Waals surface area (Å²) in [6, 6.07) is 7.35. The minimum Gasteiger partial charge on any atom is -0.478 e. The molecule has 1 rings (SSSR count). The van der Waals surface area contributed by atoms with Crippen LogP contribution in [-0.2, 0) is 15.0 Å². The van der Waals surface area contributed by atoms with Gasteiger partial charge in [-0.1, -0.05) is 38.1 Å². The van der Waals surface area contributed by atoms with Crippen molar-refractivity contribution in [2.24, 2.45) is 0 Å². The molecular weight excluding hydrogens is 232 g/mol. The molecule has 0 saturated carbocycles. The standard InChI is InChI=1S/C14H16O4/c1-9-6-4-5-7-10(9)14(2,3)11(13(17)18)8-12(15)16/h4-8H,1-3H3,(H,15,16)(H,17,18)/b11-8+. The molecule has 0 bridgehead atoms. The molecule has 1 aromatic carbocycles. The monoisotopic (exact) mass is 248 g/mol. The lowest BCUT2D eigenvalue weighted by molar-refractivity contribution is -0.135. The van der Waals surface area contributed by atoms with E-state index in [9.17, 15) is 14.7 Å². The van der Waals surface area contributed by atoms with Crippen LogP contribution in [0.1, 0.15) is 25.0 Å². The highest BCUT2D eigenvalue weighted by molar-refractivity contribution is 5.96. The van der Waals surface area contributed by atoms with Gasteiger partial charge in [0.1, 0.15) is 0 Å². The number of aryl methyl sites for hydroxylation is 1. The van der Waals surface area contributed by atoms with Crippen LogP contribution in [0.3, 0.4) is 0 Å². The van der Waals surface area contributed by atoms with Crippen molar-refractivity contribution >= 4 is 11.9 Å². The number of aliphatic carboxylic acids is 2. The minimum absolute atomic E-state index is 0.135. The van der Waals surface area contributed by atoms with E-state index in [2.05, 4.69) is 0 Å². The first-order valence-electron chi connectivity index (χ1n) is 5.51. The van der Waals surface area contributed by atoms with Crippen LogP contribution in [0.2, 0.25) is 0 Å². The van der Waals surface area contributed by atoms with Crippen LogP contribution >= 0.6 is 0 Å². The molecule has 0 aliphatic rings. The molecule has 0 heterocycles. The molecule has 4 nitrogen and oxygen atoms in total. The van der Waals surface area contributed by atoms with E-state index in [-0.39, 0.29) is 5.57 Å². The van der Waals surface area contributed by atoms with Crippen LogP contribution in [0, 0.1) is 6.92 Å². The van der Waals surface area contributed by atoms with E-state index in [1.54, 1.807) is 13.8 Å². The first-order valence-corrected chi connectivity index (χ1v) is 5.51. The third-order valence-electron chi connectivity index (χ3n) is 2.99. The smallest absolute Gasteiger partial charge is 0.332 e. The minimum atomic E-state index is -1.26. The molecular formula is C14H16O4. The van der Waals surface area contributed by atoms with Crippen molar-refractivity contribution < 1.29 is 19.8 Å². The third kappa shape index (κ3) is 2.77. The van der Waals surface area contributed by atoms with Crippen molar-refractivity contribution in [3.63, 3.8) is 0 Å². The molecule has 0 aliphatic heterocycles. The van der Waals surface area contributed by atoms with E-state index in [0.717, 1.165) is 17.2 Å². The largest absolute Gasteiger partial charge is 0.478 e. The average Bonchev–Trinajstić information content (AvgIpc) is 2.25. The Morgan fingerprint density at radius 2 is 1.72 bits per heavy atom. The number of hydrogen-bond donors (Lipinski definition) is 2. The van der Waals surface area contributed by atoms with Crippen molar-refractivity contribution in [2.75, 3.05) is 0 Å². The lowest BCUT2D eigenvalue weighted by atomic mass is 9.75. The van der Waals surface area contributed by atoms with Crippen LogP contribution in [0.15, 0.2) is 35.9 Å². The van der Waals surface area contributed by atoms with Crippen molar-refractivity contribution in [3.05, 3.63) is 47.0 Å². The van der Waals surface area contributed by atoms with Gasteiger partial charge in [0.25, 0.3) is 0 Å². The van der Waals surface area contributed by atoms with Gasteiger partial charge in [-0.2, -0.15) is 0 Å². The van der Waals surface area contributed by atoms with Gasteiger partial charge in [0.05, 0.1) is 5.57 Å². The van der Waals surface area contributed by atoms with Crippen molar-refractivity contribution in [1.82, 2.24) is 0 Å². The number of hydrogen-bond acceptors (Lipinski definition) is 2. The lowest BCUT2D eigenvalue weighted by Crippen LogP contribution is -2.27.